The van der Waals surface area contributed by atoms with Gasteiger partial charge in [0.1, 0.15) is 5.60 Å². The number of esters is 1. The first kappa shape index (κ1) is 18.8. The smallest absolute Gasteiger partial charge is 0.306 e. The van der Waals surface area contributed by atoms with Crippen molar-refractivity contribution < 1.29 is 19.2 Å². The Morgan fingerprint density at radius 3 is 2.59 bits per heavy atom. The van der Waals surface area contributed by atoms with E-state index in [0.717, 1.165) is 6.42 Å². The second kappa shape index (κ2) is 8.43. The average Bonchev–Trinajstić information content (AvgIpc) is 2.41. The predicted octanol–water partition coefficient (Wildman–Crippen LogP) is 1.91. The van der Waals surface area contributed by atoms with Gasteiger partial charge in [-0.15, -0.1) is 0 Å². The van der Waals surface area contributed by atoms with Crippen LogP contribution in [0.5, 0.6) is 0 Å². The topological polar surface area (TPSA) is 90.7 Å². The molecule has 0 aliphatic heterocycles. The minimum Gasteiger partial charge on any atom is -0.460 e. The molecular weight excluding hydrogens is 288 g/mol. The molecule has 22 heavy (non-hydrogen) atoms. The van der Waals surface area contributed by atoms with Crippen LogP contribution in [0.4, 0.5) is 0 Å². The monoisotopic (exact) mass is 316 g/mol. The Balaban J connectivity index is 2.34. The molecule has 0 amide bonds. The number of nitro groups is 1. The fourth-order valence-corrected chi connectivity index (χ4v) is 2.71. The van der Waals surface area contributed by atoms with Crippen molar-refractivity contribution in [1.29, 1.82) is 0 Å². The lowest BCUT2D eigenvalue weighted by Crippen LogP contribution is -2.50. The first-order valence-corrected chi connectivity index (χ1v) is 7.84. The van der Waals surface area contributed by atoms with Crippen LogP contribution in [-0.4, -0.2) is 48.3 Å². The van der Waals surface area contributed by atoms with E-state index in [1.54, 1.807) is 7.11 Å². The van der Waals surface area contributed by atoms with Crippen LogP contribution in [0, 0.1) is 10.1 Å². The molecule has 1 aliphatic rings. The number of nitrogens with one attached hydrogen (secondary N) is 1. The van der Waals surface area contributed by atoms with Gasteiger partial charge in [0, 0.05) is 24.9 Å². The Morgan fingerprint density at radius 1 is 1.36 bits per heavy atom. The van der Waals surface area contributed by atoms with E-state index in [1.165, 1.54) is 0 Å². The van der Waals surface area contributed by atoms with Gasteiger partial charge in [0.2, 0.25) is 6.04 Å². The molecule has 0 bridgehead atoms. The van der Waals surface area contributed by atoms with Crippen LogP contribution in [0.25, 0.3) is 0 Å². The van der Waals surface area contributed by atoms with E-state index >= 15 is 0 Å². The Labute approximate surface area is 131 Å². The van der Waals surface area contributed by atoms with Gasteiger partial charge in [-0.05, 0) is 46.6 Å². The van der Waals surface area contributed by atoms with Crippen molar-refractivity contribution in [2.45, 2.75) is 76.7 Å². The van der Waals surface area contributed by atoms with Crippen LogP contribution in [0.1, 0.15) is 52.9 Å². The maximum Gasteiger partial charge on any atom is 0.306 e. The van der Waals surface area contributed by atoms with Crippen molar-refractivity contribution in [3.8, 4) is 0 Å². The van der Waals surface area contributed by atoms with Crippen molar-refractivity contribution in [3.05, 3.63) is 10.1 Å². The quantitative estimate of drug-likeness (QED) is 0.334. The van der Waals surface area contributed by atoms with Gasteiger partial charge in [0.25, 0.3) is 0 Å². The molecule has 7 nitrogen and oxygen atoms in total. The lowest BCUT2D eigenvalue weighted by atomic mass is 9.88. The third-order valence-electron chi connectivity index (χ3n) is 3.75. The zero-order chi connectivity index (χ0) is 16.8. The maximum absolute atomic E-state index is 11.6. The highest BCUT2D eigenvalue weighted by atomic mass is 16.6. The molecular formula is C15H28N2O5. The summed E-state index contributed by atoms with van der Waals surface area (Å²) in [6, 6.07) is -0.778. The van der Waals surface area contributed by atoms with Crippen molar-refractivity contribution in [1.82, 2.24) is 5.32 Å². The number of rotatable bonds is 7. The number of ether oxygens (including phenoxy) is 2. The fraction of sp³-hybridized carbons (Fsp3) is 0.933. The van der Waals surface area contributed by atoms with Gasteiger partial charge in [-0.2, -0.15) is 0 Å². The summed E-state index contributed by atoms with van der Waals surface area (Å²) in [7, 11) is 1.64. The summed E-state index contributed by atoms with van der Waals surface area (Å²) in [6.45, 7) is 6.05. The van der Waals surface area contributed by atoms with E-state index in [2.05, 4.69) is 5.32 Å². The van der Waals surface area contributed by atoms with Gasteiger partial charge < -0.3 is 14.8 Å². The summed E-state index contributed by atoms with van der Waals surface area (Å²) < 4.78 is 10.5. The molecule has 0 spiro atoms. The fourth-order valence-electron chi connectivity index (χ4n) is 2.71. The number of nitrogens with zero attached hydrogens (tertiary/aromatic N) is 1. The molecule has 1 N–H and O–H groups in total. The standard InChI is InChI=1S/C15H28N2O5/c1-15(2,3)22-14(18)6-5-9-16-12-10-11(21-4)7-8-13(12)17(19)20/h11-13,16H,5-10H2,1-4H3. The minimum atomic E-state index is -0.576. The van der Waals surface area contributed by atoms with Crippen molar-refractivity contribution in [3.63, 3.8) is 0 Å². The largest absolute Gasteiger partial charge is 0.460 e. The molecule has 128 valence electrons. The molecule has 1 rings (SSSR count). The highest BCUT2D eigenvalue weighted by molar-refractivity contribution is 5.69. The number of hydrogen-bond acceptors (Lipinski definition) is 6. The molecule has 0 heterocycles. The summed E-state index contributed by atoms with van der Waals surface area (Å²) in [5.74, 6) is -0.237. The van der Waals surface area contributed by atoms with Crippen LogP contribution in [0.3, 0.4) is 0 Å². The number of hydrogen-bond donors (Lipinski definition) is 1. The van der Waals surface area contributed by atoms with Crippen molar-refractivity contribution in [2.75, 3.05) is 13.7 Å². The molecule has 1 aliphatic carbocycles. The van der Waals surface area contributed by atoms with Crippen LogP contribution in [-0.2, 0) is 14.3 Å². The van der Waals surface area contributed by atoms with Gasteiger partial charge >= 0.3 is 5.97 Å². The summed E-state index contributed by atoms with van der Waals surface area (Å²) in [5.41, 5.74) is -0.476. The van der Waals surface area contributed by atoms with Gasteiger partial charge in [0.15, 0.2) is 0 Å². The Kier molecular flexibility index (Phi) is 7.22. The maximum atomic E-state index is 11.6. The first-order chi connectivity index (χ1) is 10.2. The Hall–Kier alpha value is -1.21. The molecule has 0 saturated heterocycles. The van der Waals surface area contributed by atoms with E-state index in [1.807, 2.05) is 20.8 Å². The summed E-state index contributed by atoms with van der Waals surface area (Å²) in [5, 5.41) is 14.3. The first-order valence-electron chi connectivity index (χ1n) is 7.84. The zero-order valence-corrected chi connectivity index (χ0v) is 14.0. The summed E-state index contributed by atoms with van der Waals surface area (Å²) in [6.07, 6.45) is 2.86. The second-order valence-corrected chi connectivity index (χ2v) is 6.77. The minimum absolute atomic E-state index is 0.0690. The number of carbonyl (C=O) groups excluding carboxylic acids is 1. The van der Waals surface area contributed by atoms with Crippen LogP contribution >= 0.6 is 0 Å². The van der Waals surface area contributed by atoms with Gasteiger partial charge in [0.05, 0.1) is 12.1 Å². The molecule has 7 heteroatoms. The highest BCUT2D eigenvalue weighted by Gasteiger charge is 2.37. The molecule has 1 saturated carbocycles. The average molecular weight is 316 g/mol. The predicted molar refractivity (Wildman–Crippen MR) is 82.3 cm³/mol. The molecule has 0 aromatic heterocycles. The van der Waals surface area contributed by atoms with Crippen molar-refractivity contribution in [2.24, 2.45) is 0 Å². The zero-order valence-electron chi connectivity index (χ0n) is 14.0. The number of carbonyl (C=O) groups is 1. The summed E-state index contributed by atoms with van der Waals surface area (Å²) in [4.78, 5) is 22.5. The van der Waals surface area contributed by atoms with Gasteiger partial charge in [-0.25, -0.2) is 0 Å². The number of methoxy groups -OCH3 is 1. The molecule has 0 radical (unpaired) electrons. The van der Waals surface area contributed by atoms with Gasteiger partial charge in [-0.1, -0.05) is 0 Å². The van der Waals surface area contributed by atoms with Crippen LogP contribution in [0.2, 0.25) is 0 Å². The van der Waals surface area contributed by atoms with Crippen molar-refractivity contribution >= 4 is 5.97 Å². The third-order valence-corrected chi connectivity index (χ3v) is 3.75. The third kappa shape index (κ3) is 6.70. The van der Waals surface area contributed by atoms with E-state index < -0.39 is 11.6 Å². The second-order valence-electron chi connectivity index (χ2n) is 6.77. The van der Waals surface area contributed by atoms with E-state index in [0.29, 0.717) is 32.2 Å². The van der Waals surface area contributed by atoms with Gasteiger partial charge in [-0.3, -0.25) is 14.9 Å². The molecule has 0 aromatic carbocycles. The van der Waals surface area contributed by atoms with Crippen LogP contribution < -0.4 is 5.32 Å². The summed E-state index contributed by atoms with van der Waals surface area (Å²) >= 11 is 0. The van der Waals surface area contributed by atoms with E-state index in [4.69, 9.17) is 9.47 Å². The van der Waals surface area contributed by atoms with E-state index in [-0.39, 0.29) is 23.0 Å². The Morgan fingerprint density at radius 2 is 2.05 bits per heavy atom. The lowest BCUT2D eigenvalue weighted by molar-refractivity contribution is -0.531. The SMILES string of the molecule is COC1CCC([N+](=O)[O-])C(NCCCC(=O)OC(C)(C)C)C1. The normalized spacial score (nSPS) is 25.7. The van der Waals surface area contributed by atoms with E-state index in [9.17, 15) is 14.9 Å². The Bertz CT molecular complexity index is 381. The highest BCUT2D eigenvalue weighted by Crippen LogP contribution is 2.23. The molecule has 3 unspecified atom stereocenters. The molecule has 0 aromatic rings. The van der Waals surface area contributed by atoms with Crippen LogP contribution in [0.15, 0.2) is 0 Å². The molecule has 1 fully saturated rings. The lowest BCUT2D eigenvalue weighted by Gasteiger charge is -2.31. The molecule has 3 atom stereocenters.